The maximum Gasteiger partial charge on any atom is 0.389 e. The van der Waals surface area contributed by atoms with Crippen molar-refractivity contribution < 1.29 is 39.1 Å². The van der Waals surface area contributed by atoms with Crippen molar-refractivity contribution in [3.05, 3.63) is 150 Å². The lowest BCUT2D eigenvalue weighted by atomic mass is 9.82. The number of anilines is 5. The van der Waals surface area contributed by atoms with E-state index in [1.807, 2.05) is 96.8 Å². The Morgan fingerprint density at radius 2 is 1.07 bits per heavy atom. The summed E-state index contributed by atoms with van der Waals surface area (Å²) < 4.78 is 106. The van der Waals surface area contributed by atoms with Crippen LogP contribution in [0.25, 0.3) is 10.8 Å². The highest BCUT2D eigenvalue weighted by Gasteiger charge is 2.26. The Morgan fingerprint density at radius 1 is 0.596 bits per heavy atom. The summed E-state index contributed by atoms with van der Waals surface area (Å²) in [5, 5.41) is 4.10. The molecule has 0 heterocycles. The maximum atomic E-state index is 12.9. The minimum Gasteiger partial charge on any atom is -0.385 e. The van der Waals surface area contributed by atoms with Gasteiger partial charge in [-0.1, -0.05) is 54.6 Å². The smallest absolute Gasteiger partial charge is 0.385 e. The van der Waals surface area contributed by atoms with Crippen LogP contribution in [0.3, 0.4) is 0 Å². The molecule has 0 aliphatic heterocycles. The van der Waals surface area contributed by atoms with E-state index in [-0.39, 0.29) is 22.8 Å². The summed E-state index contributed by atoms with van der Waals surface area (Å²) in [7, 11) is -8.96. The van der Waals surface area contributed by atoms with Crippen LogP contribution in [0.15, 0.2) is 143 Å². The summed E-state index contributed by atoms with van der Waals surface area (Å²) in [6.45, 7) is 5.27. The average Bonchev–Trinajstić information content (AvgIpc) is 3.18. The zero-order valence-electron chi connectivity index (χ0n) is 31.2. The second kappa shape index (κ2) is 17.0. The first-order chi connectivity index (χ1) is 27.1. The SMILES string of the molecule is CCN(c1ccccc1)c1ccc(C(c2ccc(N(CC)c3ccc(S(=O)(=O)O)cc3)cc2)c2ccc(NCCCC(F)(F)F)c3cc(S(=O)(=O)O)ccc23)cc1. The molecule has 0 aliphatic rings. The average molecular weight is 818 g/mol. The fraction of sp³-hybridized carbons (Fsp3) is 0.209. The molecule has 0 saturated carbocycles. The lowest BCUT2D eigenvalue weighted by molar-refractivity contribution is -0.134. The Morgan fingerprint density at radius 3 is 1.54 bits per heavy atom. The molecule has 0 bridgehead atoms. The molecule has 3 N–H and O–H groups in total. The molecule has 0 radical (unpaired) electrons. The van der Waals surface area contributed by atoms with E-state index in [0.29, 0.717) is 28.7 Å². The summed E-state index contributed by atoms with van der Waals surface area (Å²) in [4.78, 5) is 3.60. The molecule has 1 atom stereocenters. The van der Waals surface area contributed by atoms with Gasteiger partial charge in [0.15, 0.2) is 0 Å². The molecule has 0 aromatic heterocycles. The molecular formula is C43H42F3N3O6S2. The minimum atomic E-state index is -4.61. The second-order valence-electron chi connectivity index (χ2n) is 13.4. The van der Waals surface area contributed by atoms with E-state index < -0.39 is 38.8 Å². The van der Waals surface area contributed by atoms with Gasteiger partial charge >= 0.3 is 6.18 Å². The number of nitrogens with zero attached hydrogens (tertiary/aromatic N) is 2. The summed E-state index contributed by atoms with van der Waals surface area (Å²) in [5.41, 5.74) is 6.54. The number of benzene rings is 6. The molecule has 0 amide bonds. The van der Waals surface area contributed by atoms with E-state index in [4.69, 9.17) is 0 Å². The van der Waals surface area contributed by atoms with Crippen molar-refractivity contribution in [2.75, 3.05) is 34.8 Å². The molecule has 9 nitrogen and oxygen atoms in total. The Hall–Kier alpha value is -5.41. The van der Waals surface area contributed by atoms with Gasteiger partial charge in [0.05, 0.1) is 9.79 Å². The third-order valence-corrected chi connectivity index (χ3v) is 11.5. The quantitative estimate of drug-likeness (QED) is 0.0527. The molecule has 57 heavy (non-hydrogen) atoms. The van der Waals surface area contributed by atoms with Crippen molar-refractivity contribution in [3.63, 3.8) is 0 Å². The van der Waals surface area contributed by atoms with E-state index in [2.05, 4.69) is 17.1 Å². The molecule has 14 heteroatoms. The molecule has 298 valence electrons. The van der Waals surface area contributed by atoms with E-state index >= 15 is 0 Å². The first kappa shape index (κ1) is 41.2. The van der Waals surface area contributed by atoms with Gasteiger partial charge in [-0.2, -0.15) is 30.0 Å². The van der Waals surface area contributed by atoms with Crippen LogP contribution < -0.4 is 15.1 Å². The largest absolute Gasteiger partial charge is 0.389 e. The van der Waals surface area contributed by atoms with Gasteiger partial charge in [-0.15, -0.1) is 0 Å². The van der Waals surface area contributed by atoms with Crippen LogP contribution >= 0.6 is 0 Å². The van der Waals surface area contributed by atoms with Gasteiger partial charge in [-0.3, -0.25) is 9.11 Å². The van der Waals surface area contributed by atoms with E-state index in [0.717, 1.165) is 40.3 Å². The van der Waals surface area contributed by atoms with Crippen LogP contribution in [0.1, 0.15) is 49.3 Å². The standard InChI is InChI=1S/C43H42F3N3O6S2/c1-3-48(32-9-6-5-7-10-32)33-15-11-30(12-16-33)42(31-13-17-34(18-14-31)49(4-2)35-19-21-36(22-20-35)56(50,51)52)39-25-26-41(47-28-8-27-43(44,45)46)40-29-37(57(53,54)55)23-24-38(39)40/h5-7,9-26,29,42,47H,3-4,8,27-28H2,1-2H3,(H,50,51,52)(H,53,54,55). The number of para-hydroxylation sites is 1. The third kappa shape index (κ3) is 9.77. The van der Waals surface area contributed by atoms with Gasteiger partial charge in [0.25, 0.3) is 20.2 Å². The fourth-order valence-corrected chi connectivity index (χ4v) is 8.10. The van der Waals surface area contributed by atoms with Gasteiger partial charge in [0.2, 0.25) is 0 Å². The zero-order chi connectivity index (χ0) is 41.0. The molecule has 0 aliphatic carbocycles. The van der Waals surface area contributed by atoms with Crippen LogP contribution in [0.5, 0.6) is 0 Å². The van der Waals surface area contributed by atoms with Crippen molar-refractivity contribution >= 4 is 59.4 Å². The highest BCUT2D eigenvalue weighted by atomic mass is 32.2. The van der Waals surface area contributed by atoms with Crippen LogP contribution in [0.2, 0.25) is 0 Å². The normalized spacial score (nSPS) is 12.7. The molecule has 0 spiro atoms. The Labute approximate surface area is 330 Å². The van der Waals surface area contributed by atoms with Gasteiger partial charge in [0.1, 0.15) is 0 Å². The van der Waals surface area contributed by atoms with Gasteiger partial charge in [-0.05, 0) is 121 Å². The lowest BCUT2D eigenvalue weighted by Gasteiger charge is -2.27. The summed E-state index contributed by atoms with van der Waals surface area (Å²) in [5.74, 6) is -0.414. The lowest BCUT2D eigenvalue weighted by Crippen LogP contribution is -2.16. The van der Waals surface area contributed by atoms with E-state index in [1.54, 1.807) is 24.3 Å². The number of rotatable bonds is 15. The number of fused-ring (bicyclic) bond motifs is 1. The highest BCUT2D eigenvalue weighted by Crippen LogP contribution is 2.41. The van der Waals surface area contributed by atoms with Gasteiger partial charge < -0.3 is 15.1 Å². The van der Waals surface area contributed by atoms with Crippen molar-refractivity contribution in [1.29, 1.82) is 0 Å². The second-order valence-corrected chi connectivity index (χ2v) is 16.3. The van der Waals surface area contributed by atoms with Crippen molar-refractivity contribution in [1.82, 2.24) is 0 Å². The Bertz CT molecular complexity index is 2540. The molecule has 6 aromatic rings. The topological polar surface area (TPSA) is 127 Å². The number of nitrogens with one attached hydrogen (secondary N) is 1. The molecule has 6 aromatic carbocycles. The third-order valence-electron chi connectivity index (χ3n) is 9.81. The molecule has 0 saturated heterocycles. The fourth-order valence-electron chi connectivity index (χ4n) is 7.11. The predicted octanol–water partition coefficient (Wildman–Crippen LogP) is 10.6. The number of hydrogen-bond donors (Lipinski definition) is 3. The predicted molar refractivity (Wildman–Crippen MR) is 219 cm³/mol. The van der Waals surface area contributed by atoms with Gasteiger partial charge in [-0.25, -0.2) is 0 Å². The minimum absolute atomic E-state index is 0.0157. The van der Waals surface area contributed by atoms with Crippen LogP contribution in [0.4, 0.5) is 41.6 Å². The van der Waals surface area contributed by atoms with Crippen molar-refractivity contribution in [2.24, 2.45) is 0 Å². The number of hydrogen-bond acceptors (Lipinski definition) is 7. The summed E-state index contributed by atoms with van der Waals surface area (Å²) in [6.07, 6.45) is -5.49. The Balaban J connectivity index is 1.46. The van der Waals surface area contributed by atoms with Crippen LogP contribution in [0, 0.1) is 0 Å². The monoisotopic (exact) mass is 817 g/mol. The number of halogens is 3. The number of alkyl halides is 3. The molecule has 1 unspecified atom stereocenters. The van der Waals surface area contributed by atoms with Crippen molar-refractivity contribution in [3.8, 4) is 0 Å². The van der Waals surface area contributed by atoms with Crippen molar-refractivity contribution in [2.45, 2.75) is 48.6 Å². The van der Waals surface area contributed by atoms with E-state index in [1.165, 1.54) is 24.3 Å². The molecular weight excluding hydrogens is 776 g/mol. The zero-order valence-corrected chi connectivity index (χ0v) is 32.8. The highest BCUT2D eigenvalue weighted by molar-refractivity contribution is 7.86. The van der Waals surface area contributed by atoms with Crippen LogP contribution in [-0.2, 0) is 20.2 Å². The molecule has 6 rings (SSSR count). The Kier molecular flexibility index (Phi) is 12.3. The summed E-state index contributed by atoms with van der Waals surface area (Å²) in [6, 6.07) is 39.8. The first-order valence-electron chi connectivity index (χ1n) is 18.3. The maximum absolute atomic E-state index is 12.9. The molecule has 0 fully saturated rings. The first-order valence-corrected chi connectivity index (χ1v) is 21.2. The van der Waals surface area contributed by atoms with E-state index in [9.17, 15) is 39.1 Å². The summed E-state index contributed by atoms with van der Waals surface area (Å²) >= 11 is 0. The van der Waals surface area contributed by atoms with Gasteiger partial charge in [0, 0.05) is 65.8 Å². The van der Waals surface area contributed by atoms with Crippen LogP contribution in [-0.4, -0.2) is 51.8 Å².